The van der Waals surface area contributed by atoms with Crippen molar-refractivity contribution in [3.8, 4) is 5.75 Å². The first-order chi connectivity index (χ1) is 9.54. The Bertz CT molecular complexity index is 431. The number of nitrogens with two attached hydrogens (primary N) is 2. The zero-order valence-electron chi connectivity index (χ0n) is 12.8. The van der Waals surface area contributed by atoms with Crippen LogP contribution in [0.4, 0.5) is 0 Å². The molecule has 0 heterocycles. The SMILES string of the molecule is CCCOc1cc(C)c(Cl)c(C)c1CCC(CN)CN. The minimum absolute atomic E-state index is 0.355. The lowest BCUT2D eigenvalue weighted by molar-refractivity contribution is 0.312. The molecule has 0 radical (unpaired) electrons. The van der Waals surface area contributed by atoms with Crippen LogP contribution in [0.5, 0.6) is 5.75 Å². The molecular weight excluding hydrogens is 272 g/mol. The van der Waals surface area contributed by atoms with Gasteiger partial charge >= 0.3 is 0 Å². The predicted molar refractivity (Wildman–Crippen MR) is 86.6 cm³/mol. The number of ether oxygens (including phenoxy) is 1. The van der Waals surface area contributed by atoms with Crippen LogP contribution in [-0.4, -0.2) is 19.7 Å². The van der Waals surface area contributed by atoms with Gasteiger partial charge in [0, 0.05) is 5.02 Å². The minimum atomic E-state index is 0.355. The van der Waals surface area contributed by atoms with Crippen molar-refractivity contribution in [1.29, 1.82) is 0 Å². The summed E-state index contributed by atoms with van der Waals surface area (Å²) in [7, 11) is 0. The molecule has 0 saturated heterocycles. The number of hydrogen-bond acceptors (Lipinski definition) is 3. The summed E-state index contributed by atoms with van der Waals surface area (Å²) in [6.45, 7) is 8.16. The molecule has 1 aromatic rings. The van der Waals surface area contributed by atoms with Gasteiger partial charge in [0.1, 0.15) is 5.75 Å². The lowest BCUT2D eigenvalue weighted by Crippen LogP contribution is -2.23. The molecule has 0 unspecified atom stereocenters. The van der Waals surface area contributed by atoms with Crippen LogP contribution < -0.4 is 16.2 Å². The maximum Gasteiger partial charge on any atom is 0.123 e. The minimum Gasteiger partial charge on any atom is -0.493 e. The zero-order valence-corrected chi connectivity index (χ0v) is 13.6. The van der Waals surface area contributed by atoms with Gasteiger partial charge in [-0.05, 0) is 74.9 Å². The number of hydrogen-bond donors (Lipinski definition) is 2. The van der Waals surface area contributed by atoms with E-state index in [1.807, 2.05) is 13.0 Å². The highest BCUT2D eigenvalue weighted by Gasteiger charge is 2.15. The van der Waals surface area contributed by atoms with Crippen LogP contribution in [0.1, 0.15) is 36.5 Å². The highest BCUT2D eigenvalue weighted by molar-refractivity contribution is 6.32. The first-order valence-corrected chi connectivity index (χ1v) is 7.74. The van der Waals surface area contributed by atoms with Crippen LogP contribution >= 0.6 is 11.6 Å². The second-order valence-corrected chi connectivity index (χ2v) is 5.71. The average molecular weight is 299 g/mol. The normalized spacial score (nSPS) is 11.2. The van der Waals surface area contributed by atoms with Gasteiger partial charge in [-0.2, -0.15) is 0 Å². The van der Waals surface area contributed by atoms with Crippen molar-refractivity contribution in [2.45, 2.75) is 40.0 Å². The van der Waals surface area contributed by atoms with E-state index in [0.29, 0.717) is 19.0 Å². The fraction of sp³-hybridized carbons (Fsp3) is 0.625. The fourth-order valence-corrected chi connectivity index (χ4v) is 2.46. The Morgan fingerprint density at radius 2 is 1.90 bits per heavy atom. The summed E-state index contributed by atoms with van der Waals surface area (Å²) in [4.78, 5) is 0. The van der Waals surface area contributed by atoms with E-state index in [0.717, 1.165) is 47.8 Å². The van der Waals surface area contributed by atoms with Gasteiger partial charge in [0.2, 0.25) is 0 Å². The Hall–Kier alpha value is -0.770. The summed E-state index contributed by atoms with van der Waals surface area (Å²) in [6, 6.07) is 2.04. The monoisotopic (exact) mass is 298 g/mol. The van der Waals surface area contributed by atoms with E-state index in [1.54, 1.807) is 0 Å². The third-order valence-corrected chi connectivity index (χ3v) is 4.29. The largest absolute Gasteiger partial charge is 0.493 e. The summed E-state index contributed by atoms with van der Waals surface area (Å²) in [5.74, 6) is 1.31. The maximum absolute atomic E-state index is 6.37. The molecule has 0 aliphatic carbocycles. The summed E-state index contributed by atoms with van der Waals surface area (Å²) in [5.41, 5.74) is 14.8. The molecule has 1 aromatic carbocycles. The van der Waals surface area contributed by atoms with Gasteiger partial charge in [0.15, 0.2) is 0 Å². The summed E-state index contributed by atoms with van der Waals surface area (Å²) < 4.78 is 5.88. The molecule has 114 valence electrons. The molecule has 0 atom stereocenters. The second-order valence-electron chi connectivity index (χ2n) is 5.33. The van der Waals surface area contributed by atoms with Gasteiger partial charge in [-0.1, -0.05) is 18.5 Å². The van der Waals surface area contributed by atoms with Gasteiger partial charge in [0.05, 0.1) is 6.61 Å². The van der Waals surface area contributed by atoms with Crippen LogP contribution in [-0.2, 0) is 6.42 Å². The summed E-state index contributed by atoms with van der Waals surface area (Å²) >= 11 is 6.37. The van der Waals surface area contributed by atoms with Gasteiger partial charge in [-0.3, -0.25) is 0 Å². The van der Waals surface area contributed by atoms with E-state index in [9.17, 15) is 0 Å². The topological polar surface area (TPSA) is 61.3 Å². The second kappa shape index (κ2) is 8.50. The lowest BCUT2D eigenvalue weighted by Gasteiger charge is -2.18. The van der Waals surface area contributed by atoms with Crippen LogP contribution in [0, 0.1) is 19.8 Å². The Morgan fingerprint density at radius 1 is 1.25 bits per heavy atom. The van der Waals surface area contributed by atoms with Crippen molar-refractivity contribution in [3.63, 3.8) is 0 Å². The molecule has 1 rings (SSSR count). The average Bonchev–Trinajstić information content (AvgIpc) is 2.45. The molecule has 0 aliphatic heterocycles. The van der Waals surface area contributed by atoms with Gasteiger partial charge in [-0.15, -0.1) is 0 Å². The van der Waals surface area contributed by atoms with Crippen molar-refractivity contribution in [3.05, 3.63) is 27.8 Å². The molecule has 0 spiro atoms. The number of benzene rings is 1. The Morgan fingerprint density at radius 3 is 2.45 bits per heavy atom. The summed E-state index contributed by atoms with van der Waals surface area (Å²) in [5, 5.41) is 0.834. The van der Waals surface area contributed by atoms with Gasteiger partial charge < -0.3 is 16.2 Å². The highest BCUT2D eigenvalue weighted by Crippen LogP contribution is 2.33. The van der Waals surface area contributed by atoms with Crippen molar-refractivity contribution in [2.75, 3.05) is 19.7 Å². The first-order valence-electron chi connectivity index (χ1n) is 7.36. The first kappa shape index (κ1) is 17.3. The molecule has 4 N–H and O–H groups in total. The maximum atomic E-state index is 6.37. The third-order valence-electron chi connectivity index (χ3n) is 3.70. The molecule has 0 amide bonds. The lowest BCUT2D eigenvalue weighted by atomic mass is 9.95. The number of aryl methyl sites for hydroxylation is 1. The number of rotatable bonds is 8. The van der Waals surface area contributed by atoms with Crippen molar-refractivity contribution in [1.82, 2.24) is 0 Å². The molecule has 0 saturated carbocycles. The van der Waals surface area contributed by atoms with Crippen LogP contribution in [0.25, 0.3) is 0 Å². The molecule has 4 heteroatoms. The highest BCUT2D eigenvalue weighted by atomic mass is 35.5. The molecule has 20 heavy (non-hydrogen) atoms. The number of halogens is 1. The molecule has 0 aliphatic rings. The van der Waals surface area contributed by atoms with Gasteiger partial charge in [0.25, 0.3) is 0 Å². The Labute approximate surface area is 127 Å². The quantitative estimate of drug-likeness (QED) is 0.774. The van der Waals surface area contributed by atoms with Crippen molar-refractivity contribution < 1.29 is 4.74 Å². The van der Waals surface area contributed by atoms with Crippen LogP contribution in [0.15, 0.2) is 6.07 Å². The standard InChI is InChI=1S/C16H27ClN2O/c1-4-7-20-15-8-11(2)16(17)12(3)14(15)6-5-13(9-18)10-19/h8,13H,4-7,9-10,18-19H2,1-3H3. The predicted octanol–water partition coefficient (Wildman–Crippen LogP) is 3.21. The zero-order chi connectivity index (χ0) is 15.1. The van der Waals surface area contributed by atoms with Crippen LogP contribution in [0.3, 0.4) is 0 Å². The molecule has 0 aromatic heterocycles. The molecule has 0 fully saturated rings. The molecule has 0 bridgehead atoms. The van der Waals surface area contributed by atoms with E-state index in [1.165, 1.54) is 5.56 Å². The van der Waals surface area contributed by atoms with E-state index < -0.39 is 0 Å². The van der Waals surface area contributed by atoms with E-state index >= 15 is 0 Å². The van der Waals surface area contributed by atoms with Crippen molar-refractivity contribution >= 4 is 11.6 Å². The summed E-state index contributed by atoms with van der Waals surface area (Å²) in [6.07, 6.45) is 2.87. The molecule has 3 nitrogen and oxygen atoms in total. The van der Waals surface area contributed by atoms with E-state index in [2.05, 4.69) is 13.8 Å². The Kier molecular flexibility index (Phi) is 7.35. The fourth-order valence-electron chi connectivity index (χ4n) is 2.29. The smallest absolute Gasteiger partial charge is 0.123 e. The molecular formula is C16H27ClN2O. The van der Waals surface area contributed by atoms with Crippen LogP contribution in [0.2, 0.25) is 5.02 Å². The van der Waals surface area contributed by atoms with E-state index in [-0.39, 0.29) is 0 Å². The van der Waals surface area contributed by atoms with Gasteiger partial charge in [-0.25, -0.2) is 0 Å². The Balaban J connectivity index is 2.98. The third kappa shape index (κ3) is 4.37. The van der Waals surface area contributed by atoms with Crippen molar-refractivity contribution in [2.24, 2.45) is 17.4 Å². The van der Waals surface area contributed by atoms with E-state index in [4.69, 9.17) is 27.8 Å².